The van der Waals surface area contributed by atoms with Crippen molar-refractivity contribution in [3.8, 4) is 0 Å². The van der Waals surface area contributed by atoms with Gasteiger partial charge >= 0.3 is 0 Å². The largest absolute Gasteiger partial charge is 0.368 e. The number of hydrogen-bond donors (Lipinski definition) is 0. The molecule has 1 heterocycles. The van der Waals surface area contributed by atoms with E-state index in [1.807, 2.05) is 19.1 Å². The van der Waals surface area contributed by atoms with Gasteiger partial charge in [-0.3, -0.25) is 4.79 Å². The number of rotatable bonds is 7. The molecule has 0 atom stereocenters. The van der Waals surface area contributed by atoms with Crippen LogP contribution in [0.2, 0.25) is 10.0 Å². The van der Waals surface area contributed by atoms with Gasteiger partial charge in [-0.1, -0.05) is 47.0 Å². The van der Waals surface area contributed by atoms with E-state index in [0.29, 0.717) is 52.9 Å². The van der Waals surface area contributed by atoms with Gasteiger partial charge in [0.25, 0.3) is 0 Å². The van der Waals surface area contributed by atoms with E-state index in [9.17, 15) is 17.6 Å². The third-order valence-electron chi connectivity index (χ3n) is 6.68. The second-order valence-electron chi connectivity index (χ2n) is 9.59. The molecule has 0 radical (unpaired) electrons. The summed E-state index contributed by atoms with van der Waals surface area (Å²) in [5.41, 5.74) is 3.72. The zero-order chi connectivity index (χ0) is 27.6. The van der Waals surface area contributed by atoms with Crippen molar-refractivity contribution in [3.05, 3.63) is 92.7 Å². The first-order chi connectivity index (χ1) is 18.0. The van der Waals surface area contributed by atoms with Gasteiger partial charge in [-0.2, -0.15) is 4.31 Å². The smallest absolute Gasteiger partial charge is 0.244 e. The molecule has 1 aliphatic rings. The van der Waals surface area contributed by atoms with Gasteiger partial charge in [0.1, 0.15) is 5.82 Å². The number of hydrogen-bond acceptors (Lipinski definition) is 4. The predicted molar refractivity (Wildman–Crippen MR) is 150 cm³/mol. The summed E-state index contributed by atoms with van der Waals surface area (Å²) in [5.74, 6) is -0.584. The Morgan fingerprint density at radius 1 is 0.895 bits per heavy atom. The fourth-order valence-corrected chi connectivity index (χ4v) is 7.00. The predicted octanol–water partition coefficient (Wildman–Crippen LogP) is 5.60. The average molecular weight is 579 g/mol. The van der Waals surface area contributed by atoms with E-state index in [-0.39, 0.29) is 29.7 Å². The molecule has 0 bridgehead atoms. The monoisotopic (exact) mass is 577 g/mol. The van der Waals surface area contributed by atoms with E-state index in [2.05, 4.69) is 4.90 Å². The first kappa shape index (κ1) is 28.4. The Kier molecular flexibility index (Phi) is 8.67. The molecule has 202 valence electrons. The lowest BCUT2D eigenvalue weighted by Gasteiger charge is -2.37. The summed E-state index contributed by atoms with van der Waals surface area (Å²) < 4.78 is 42.5. The van der Waals surface area contributed by atoms with Crippen molar-refractivity contribution in [2.45, 2.75) is 32.2 Å². The number of carbonyl (C=O) groups excluding carboxylic acids is 1. The van der Waals surface area contributed by atoms with Crippen molar-refractivity contribution in [2.75, 3.05) is 37.6 Å². The van der Waals surface area contributed by atoms with Crippen molar-refractivity contribution in [3.63, 3.8) is 0 Å². The lowest BCUT2D eigenvalue weighted by atomic mass is 10.1. The Labute approximate surface area is 233 Å². The second kappa shape index (κ2) is 11.6. The van der Waals surface area contributed by atoms with Crippen LogP contribution in [0.1, 0.15) is 22.3 Å². The minimum absolute atomic E-state index is 0.0345. The molecule has 38 heavy (non-hydrogen) atoms. The van der Waals surface area contributed by atoms with Gasteiger partial charge < -0.3 is 9.80 Å². The molecule has 3 aromatic carbocycles. The summed E-state index contributed by atoms with van der Waals surface area (Å²) >= 11 is 12.3. The molecule has 0 saturated carbocycles. The van der Waals surface area contributed by atoms with Crippen molar-refractivity contribution < 1.29 is 17.6 Å². The minimum atomic E-state index is -4.03. The number of anilines is 1. The van der Waals surface area contributed by atoms with E-state index in [4.69, 9.17) is 23.2 Å². The standard InChI is InChI=1S/C28H30Cl2FN3O3S/c1-19-14-20(2)28(21(3)15-19)38(36,37)34(17-22-4-9-25(29)26(30)16-22)18-27(35)33-12-10-32(11-13-33)24-7-5-23(31)6-8-24/h4-9,14-16H,10-13,17-18H2,1-3H3. The fraction of sp³-hybridized carbons (Fsp3) is 0.321. The Balaban J connectivity index is 1.57. The maximum absolute atomic E-state index is 14.0. The van der Waals surface area contributed by atoms with Crippen molar-refractivity contribution in [2.24, 2.45) is 0 Å². The lowest BCUT2D eigenvalue weighted by molar-refractivity contribution is -0.131. The first-order valence-corrected chi connectivity index (χ1v) is 14.5. The summed E-state index contributed by atoms with van der Waals surface area (Å²) in [7, 11) is -4.03. The highest BCUT2D eigenvalue weighted by Crippen LogP contribution is 2.29. The summed E-state index contributed by atoms with van der Waals surface area (Å²) in [6.07, 6.45) is 0. The molecule has 3 aromatic rings. The van der Waals surface area contributed by atoms with E-state index < -0.39 is 10.0 Å². The molecule has 1 aliphatic heterocycles. The van der Waals surface area contributed by atoms with Gasteiger partial charge in [0, 0.05) is 38.4 Å². The number of halogens is 3. The van der Waals surface area contributed by atoms with Crippen molar-refractivity contribution in [1.29, 1.82) is 0 Å². The quantitative estimate of drug-likeness (QED) is 0.367. The molecular formula is C28H30Cl2FN3O3S. The molecule has 0 N–H and O–H groups in total. The highest BCUT2D eigenvalue weighted by molar-refractivity contribution is 7.89. The SMILES string of the molecule is Cc1cc(C)c(S(=O)(=O)N(CC(=O)N2CCN(c3ccc(F)cc3)CC2)Cc2ccc(Cl)c(Cl)c2)c(C)c1. The molecule has 6 nitrogen and oxygen atoms in total. The number of carbonyl (C=O) groups is 1. The Morgan fingerprint density at radius 3 is 2.08 bits per heavy atom. The van der Waals surface area contributed by atoms with Crippen LogP contribution in [0.4, 0.5) is 10.1 Å². The van der Waals surface area contributed by atoms with Gasteiger partial charge in [0.15, 0.2) is 0 Å². The molecular weight excluding hydrogens is 548 g/mol. The third kappa shape index (κ3) is 6.31. The van der Waals surface area contributed by atoms with Crippen LogP contribution in [0.15, 0.2) is 59.5 Å². The second-order valence-corrected chi connectivity index (χ2v) is 12.3. The van der Waals surface area contributed by atoms with Crippen LogP contribution in [-0.2, 0) is 21.4 Å². The van der Waals surface area contributed by atoms with Crippen molar-refractivity contribution in [1.82, 2.24) is 9.21 Å². The Hall–Kier alpha value is -2.65. The summed E-state index contributed by atoms with van der Waals surface area (Å²) in [5, 5.41) is 0.678. The maximum Gasteiger partial charge on any atom is 0.244 e. The zero-order valence-electron chi connectivity index (χ0n) is 21.5. The van der Waals surface area contributed by atoms with Gasteiger partial charge in [0.2, 0.25) is 15.9 Å². The number of amides is 1. The van der Waals surface area contributed by atoms with E-state index in [1.54, 1.807) is 49.1 Å². The zero-order valence-corrected chi connectivity index (χ0v) is 23.9. The van der Waals surface area contributed by atoms with Gasteiger partial charge in [0.05, 0.1) is 21.5 Å². The summed E-state index contributed by atoms with van der Waals surface area (Å²) in [6, 6.07) is 14.8. The van der Waals surface area contributed by atoms with Gasteiger partial charge in [-0.25, -0.2) is 12.8 Å². The lowest BCUT2D eigenvalue weighted by Crippen LogP contribution is -2.51. The molecule has 1 fully saturated rings. The van der Waals surface area contributed by atoms with Crippen LogP contribution < -0.4 is 4.90 Å². The van der Waals surface area contributed by atoms with E-state index in [1.165, 1.54) is 16.4 Å². The molecule has 0 unspecified atom stereocenters. The van der Waals surface area contributed by atoms with Crippen LogP contribution in [0.5, 0.6) is 0 Å². The number of piperazine rings is 1. The van der Waals surface area contributed by atoms with E-state index in [0.717, 1.165) is 11.3 Å². The molecule has 0 aromatic heterocycles. The number of sulfonamides is 1. The maximum atomic E-state index is 14.0. The molecule has 0 aliphatic carbocycles. The normalized spacial score (nSPS) is 14.3. The third-order valence-corrected chi connectivity index (χ3v) is 9.52. The highest BCUT2D eigenvalue weighted by atomic mass is 35.5. The number of nitrogens with zero attached hydrogens (tertiary/aromatic N) is 3. The topological polar surface area (TPSA) is 60.9 Å². The van der Waals surface area contributed by atoms with Crippen molar-refractivity contribution >= 4 is 44.8 Å². The Bertz CT molecular complexity index is 1420. The van der Waals surface area contributed by atoms with Crippen LogP contribution in [0.3, 0.4) is 0 Å². The summed E-state index contributed by atoms with van der Waals surface area (Å²) in [4.78, 5) is 17.4. The fourth-order valence-electron chi connectivity index (χ4n) is 4.89. The Morgan fingerprint density at radius 2 is 1.50 bits per heavy atom. The first-order valence-electron chi connectivity index (χ1n) is 12.3. The van der Waals surface area contributed by atoms with Gasteiger partial charge in [-0.05, 0) is 73.9 Å². The molecule has 0 spiro atoms. The number of aryl methyl sites for hydroxylation is 3. The molecule has 1 amide bonds. The van der Waals surface area contributed by atoms with Crippen LogP contribution in [0.25, 0.3) is 0 Å². The number of benzene rings is 3. The molecule has 4 rings (SSSR count). The highest BCUT2D eigenvalue weighted by Gasteiger charge is 2.32. The van der Waals surface area contributed by atoms with Crippen LogP contribution in [0, 0.1) is 26.6 Å². The van der Waals surface area contributed by atoms with Gasteiger partial charge in [-0.15, -0.1) is 0 Å². The van der Waals surface area contributed by atoms with Crippen LogP contribution >= 0.6 is 23.2 Å². The minimum Gasteiger partial charge on any atom is -0.368 e. The summed E-state index contributed by atoms with van der Waals surface area (Å²) in [6.45, 7) is 7.08. The van der Waals surface area contributed by atoms with E-state index >= 15 is 0 Å². The average Bonchev–Trinajstić information content (AvgIpc) is 2.85. The van der Waals surface area contributed by atoms with Crippen LogP contribution in [-0.4, -0.2) is 56.3 Å². The molecule has 10 heteroatoms. The molecule has 1 saturated heterocycles.